The van der Waals surface area contributed by atoms with E-state index in [9.17, 15) is 9.59 Å². The summed E-state index contributed by atoms with van der Waals surface area (Å²) in [6.07, 6.45) is 1.73. The van der Waals surface area contributed by atoms with Crippen LogP contribution in [-0.4, -0.2) is 11.9 Å². The average molecular weight is 405 g/mol. The van der Waals surface area contributed by atoms with E-state index in [2.05, 4.69) is 6.58 Å². The number of carbonyl (C=O) groups excluding carboxylic acids is 2. The number of benzene rings is 2. The molecule has 156 valence electrons. The van der Waals surface area contributed by atoms with Gasteiger partial charge in [0, 0.05) is 0 Å². The molecule has 0 saturated heterocycles. The molecule has 4 nitrogen and oxygen atoms in total. The largest absolute Gasteiger partial charge is 0.419 e. The highest BCUT2D eigenvalue weighted by atomic mass is 16.6. The van der Waals surface area contributed by atoms with Gasteiger partial charge < -0.3 is 9.47 Å². The van der Waals surface area contributed by atoms with Gasteiger partial charge >= 0.3 is 11.9 Å². The van der Waals surface area contributed by atoms with Crippen molar-refractivity contribution in [1.29, 1.82) is 0 Å². The number of ether oxygens (including phenoxy) is 2. The van der Waals surface area contributed by atoms with Crippen molar-refractivity contribution in [2.75, 3.05) is 0 Å². The second kappa shape index (κ2) is 9.88. The molecule has 2 aromatic carbocycles. The first-order valence-electron chi connectivity index (χ1n) is 9.73. The summed E-state index contributed by atoms with van der Waals surface area (Å²) in [6.45, 7) is 13.7. The van der Waals surface area contributed by atoms with Gasteiger partial charge in [-0.2, -0.15) is 0 Å². The van der Waals surface area contributed by atoms with Crippen LogP contribution in [0.15, 0.2) is 96.0 Å². The maximum atomic E-state index is 12.7. The molecule has 0 bridgehead atoms. The van der Waals surface area contributed by atoms with Gasteiger partial charge in [0.1, 0.15) is 0 Å². The fourth-order valence-corrected chi connectivity index (χ4v) is 2.36. The lowest BCUT2D eigenvalue weighted by Crippen LogP contribution is -2.13. The van der Waals surface area contributed by atoms with E-state index >= 15 is 0 Å². The summed E-state index contributed by atoms with van der Waals surface area (Å²) in [5, 5.41) is 0. The zero-order valence-corrected chi connectivity index (χ0v) is 18.2. The minimum atomic E-state index is -0.552. The quantitative estimate of drug-likeness (QED) is 0.314. The fourth-order valence-electron chi connectivity index (χ4n) is 2.36. The monoisotopic (exact) mass is 404 g/mol. The van der Waals surface area contributed by atoms with Crippen LogP contribution < -0.4 is 0 Å². The van der Waals surface area contributed by atoms with E-state index in [-0.39, 0.29) is 16.9 Å². The zero-order chi connectivity index (χ0) is 22.3. The maximum absolute atomic E-state index is 12.7. The predicted molar refractivity (Wildman–Crippen MR) is 119 cm³/mol. The normalized spacial score (nSPS) is 12.6. The lowest BCUT2D eigenvalue weighted by atomic mass is 9.87. The van der Waals surface area contributed by atoms with Gasteiger partial charge in [-0.15, -0.1) is 0 Å². The van der Waals surface area contributed by atoms with Gasteiger partial charge in [0.2, 0.25) is 0 Å². The van der Waals surface area contributed by atoms with Gasteiger partial charge in [0.05, 0.1) is 11.1 Å². The van der Waals surface area contributed by atoms with Crippen LogP contribution in [0.3, 0.4) is 0 Å². The van der Waals surface area contributed by atoms with E-state index in [1.165, 1.54) is 0 Å². The molecule has 0 saturated carbocycles. The molecule has 0 radical (unpaired) electrons. The van der Waals surface area contributed by atoms with Crippen LogP contribution in [0, 0.1) is 5.41 Å². The molecule has 2 rings (SSSR count). The number of hydrogen-bond donors (Lipinski definition) is 0. The Balaban J connectivity index is 2.51. The van der Waals surface area contributed by atoms with E-state index in [0.717, 1.165) is 5.57 Å². The van der Waals surface area contributed by atoms with Crippen molar-refractivity contribution >= 4 is 11.9 Å². The average Bonchev–Trinajstić information content (AvgIpc) is 2.71. The maximum Gasteiger partial charge on any atom is 0.343 e. The van der Waals surface area contributed by atoms with E-state index in [1.54, 1.807) is 61.5 Å². The Morgan fingerprint density at radius 3 is 1.63 bits per heavy atom. The summed E-state index contributed by atoms with van der Waals surface area (Å²) in [4.78, 5) is 25.4. The molecule has 0 unspecified atom stereocenters. The van der Waals surface area contributed by atoms with Crippen molar-refractivity contribution in [3.63, 3.8) is 0 Å². The van der Waals surface area contributed by atoms with Crippen LogP contribution in [0.4, 0.5) is 0 Å². The van der Waals surface area contributed by atoms with Gasteiger partial charge in [-0.05, 0) is 55.2 Å². The van der Waals surface area contributed by atoms with E-state index in [1.807, 2.05) is 39.8 Å². The third-order valence-corrected chi connectivity index (χ3v) is 4.56. The summed E-state index contributed by atoms with van der Waals surface area (Å²) < 4.78 is 11.3. The Labute approximate surface area is 178 Å². The van der Waals surface area contributed by atoms with Crippen LogP contribution >= 0.6 is 0 Å². The van der Waals surface area contributed by atoms with E-state index in [4.69, 9.17) is 9.47 Å². The second-order valence-electron chi connectivity index (χ2n) is 8.06. The number of carbonyl (C=O) groups is 2. The minimum absolute atomic E-state index is 0.122. The third-order valence-electron chi connectivity index (χ3n) is 4.56. The van der Waals surface area contributed by atoms with E-state index < -0.39 is 11.9 Å². The molecule has 0 aliphatic rings. The Morgan fingerprint density at radius 1 is 0.800 bits per heavy atom. The molecule has 0 aliphatic heterocycles. The van der Waals surface area contributed by atoms with Gasteiger partial charge in [-0.25, -0.2) is 9.59 Å². The highest BCUT2D eigenvalue weighted by Crippen LogP contribution is 2.29. The lowest BCUT2D eigenvalue weighted by Gasteiger charge is -2.21. The Hall–Kier alpha value is -3.40. The first-order chi connectivity index (χ1) is 14.1. The smallest absolute Gasteiger partial charge is 0.343 e. The van der Waals surface area contributed by atoms with Crippen molar-refractivity contribution in [2.45, 2.75) is 34.6 Å². The number of esters is 2. The molecule has 4 heteroatoms. The molecule has 0 heterocycles. The second-order valence-corrected chi connectivity index (χ2v) is 8.06. The Kier molecular flexibility index (Phi) is 7.54. The summed E-state index contributed by atoms with van der Waals surface area (Å²) in [7, 11) is 0. The van der Waals surface area contributed by atoms with Crippen molar-refractivity contribution in [3.05, 3.63) is 107 Å². The summed E-state index contributed by atoms with van der Waals surface area (Å²) in [5.41, 5.74) is 2.03. The van der Waals surface area contributed by atoms with Gasteiger partial charge in [0.15, 0.2) is 11.5 Å². The minimum Gasteiger partial charge on any atom is -0.419 e. The predicted octanol–water partition coefficient (Wildman–Crippen LogP) is 6.48. The van der Waals surface area contributed by atoms with Gasteiger partial charge in [-0.1, -0.05) is 69.3 Å². The Bertz CT molecular complexity index is 975. The van der Waals surface area contributed by atoms with Crippen LogP contribution in [0.1, 0.15) is 55.3 Å². The zero-order valence-electron chi connectivity index (χ0n) is 18.2. The van der Waals surface area contributed by atoms with Crippen LogP contribution in [0.25, 0.3) is 0 Å². The molecule has 2 aromatic rings. The number of rotatable bonds is 6. The van der Waals surface area contributed by atoms with E-state index in [0.29, 0.717) is 16.7 Å². The van der Waals surface area contributed by atoms with Gasteiger partial charge in [0.25, 0.3) is 0 Å². The number of hydrogen-bond acceptors (Lipinski definition) is 4. The molecule has 30 heavy (non-hydrogen) atoms. The van der Waals surface area contributed by atoms with Crippen molar-refractivity contribution in [2.24, 2.45) is 5.41 Å². The molecule has 0 amide bonds. The van der Waals surface area contributed by atoms with Crippen molar-refractivity contribution < 1.29 is 19.1 Å². The number of allylic oxidation sites excluding steroid dienone is 3. The first kappa shape index (κ1) is 22.9. The molecule has 0 N–H and O–H groups in total. The summed E-state index contributed by atoms with van der Waals surface area (Å²) in [6, 6.07) is 17.3. The van der Waals surface area contributed by atoms with Crippen molar-refractivity contribution in [1.82, 2.24) is 0 Å². The molecule has 0 spiro atoms. The highest BCUT2D eigenvalue weighted by molar-refractivity contribution is 5.91. The SMILES string of the molecule is C=C(C)/C(OC(=O)c1ccccc1)=C(\C=C(/C)C(C)(C)C)OC(=O)c1ccccc1. The Morgan fingerprint density at radius 2 is 1.23 bits per heavy atom. The molecular weight excluding hydrogens is 376 g/mol. The van der Waals surface area contributed by atoms with Crippen LogP contribution in [0.2, 0.25) is 0 Å². The summed E-state index contributed by atoms with van der Waals surface area (Å²) >= 11 is 0. The lowest BCUT2D eigenvalue weighted by molar-refractivity contribution is 0.0546. The summed E-state index contributed by atoms with van der Waals surface area (Å²) in [5.74, 6) is -0.827. The van der Waals surface area contributed by atoms with Crippen LogP contribution in [-0.2, 0) is 9.47 Å². The van der Waals surface area contributed by atoms with Crippen LogP contribution in [0.5, 0.6) is 0 Å². The van der Waals surface area contributed by atoms with Gasteiger partial charge in [-0.3, -0.25) is 0 Å². The standard InChI is InChI=1S/C26H28O4/c1-18(2)23(30-25(28)21-15-11-8-12-16-21)22(17-19(3)26(4,5)6)29-24(27)20-13-9-7-10-14-20/h7-17H,1H2,2-6H3/b19-17+,23-22-. The fraction of sp³-hybridized carbons (Fsp3) is 0.231. The van der Waals surface area contributed by atoms with Crippen molar-refractivity contribution in [3.8, 4) is 0 Å². The molecule has 0 fully saturated rings. The highest BCUT2D eigenvalue weighted by Gasteiger charge is 2.21. The molecule has 0 aliphatic carbocycles. The molecule has 0 aromatic heterocycles. The third kappa shape index (κ3) is 6.31. The molecule has 0 atom stereocenters. The molecular formula is C26H28O4. The first-order valence-corrected chi connectivity index (χ1v) is 9.73. The topological polar surface area (TPSA) is 52.6 Å².